The van der Waals surface area contributed by atoms with Gasteiger partial charge in [-0.2, -0.15) is 0 Å². The molecule has 0 bridgehead atoms. The van der Waals surface area contributed by atoms with E-state index >= 15 is 0 Å². The van der Waals surface area contributed by atoms with Crippen LogP contribution in [0.2, 0.25) is 0 Å². The van der Waals surface area contributed by atoms with E-state index in [1.807, 2.05) is 0 Å². The molecule has 0 unspecified atom stereocenters. The molecule has 112 valence electrons. The largest absolute Gasteiger partial charge is 0.344 e. The van der Waals surface area contributed by atoms with Gasteiger partial charge in [0, 0.05) is 0 Å². The molecule has 0 heterocycles. The highest BCUT2D eigenvalue weighted by Gasteiger charge is 1.89. The summed E-state index contributed by atoms with van der Waals surface area (Å²) in [5.41, 5.74) is 13.2. The molecule has 0 aliphatic heterocycles. The van der Waals surface area contributed by atoms with Gasteiger partial charge in [0.05, 0.1) is 0 Å². The molecule has 0 aliphatic carbocycles. The summed E-state index contributed by atoms with van der Waals surface area (Å²) < 4.78 is 0. The lowest BCUT2D eigenvalue weighted by atomic mass is 13.9. The lowest BCUT2D eigenvalue weighted by Gasteiger charge is -1.90. The monoisotopic (exact) mass is 373 g/mol. The summed E-state index contributed by atoms with van der Waals surface area (Å²) in [7, 11) is 0. The average Bonchev–Trinajstić information content (AvgIpc) is 1.41. The third kappa shape index (κ3) is 1850. The fourth-order valence-corrected chi connectivity index (χ4v) is 0. The van der Waals surface area contributed by atoms with Crippen molar-refractivity contribution < 1.29 is 29.4 Å². The summed E-state index contributed by atoms with van der Waals surface area (Å²) >= 11 is 11.5. The molecule has 0 amide bonds. The molecule has 0 saturated carbocycles. The molecular formula is H18N5O6P3S3. The molecule has 0 saturated heterocycles. The molecule has 0 aromatic heterocycles. The van der Waals surface area contributed by atoms with Crippen molar-refractivity contribution in [3.8, 4) is 0 Å². The first-order chi connectivity index (χ1) is 6.00. The first-order valence-electron chi connectivity index (χ1n) is 2.52. The third-order valence-corrected chi connectivity index (χ3v) is 0. The van der Waals surface area contributed by atoms with Crippen molar-refractivity contribution in [2.24, 2.45) is 16.5 Å². The van der Waals surface area contributed by atoms with Crippen LogP contribution in [0.3, 0.4) is 0 Å². The van der Waals surface area contributed by atoms with Crippen LogP contribution in [-0.2, 0) is 35.4 Å². The summed E-state index contributed by atoms with van der Waals surface area (Å²) in [5.74, 6) is 0. The molecule has 18 N–H and O–H groups in total. The van der Waals surface area contributed by atoms with Gasteiger partial charge in [-0.25, -0.2) is 0 Å². The molecule has 0 aliphatic rings. The SMILES string of the molecule is N.N.NP(O)(O)=S.NP(O)(O)=S.NP(O)(O)=S. The summed E-state index contributed by atoms with van der Waals surface area (Å²) in [6.07, 6.45) is 0. The standard InChI is InChI=1S/3H4NO2PS.2H3N/c3*1-4(2,3)5;;/h3*(H4,1,2,3,5);2*1H3. The molecule has 11 nitrogen and oxygen atoms in total. The molecule has 0 fully saturated rings. The van der Waals surface area contributed by atoms with Crippen molar-refractivity contribution in [2.45, 2.75) is 0 Å². The lowest BCUT2D eigenvalue weighted by molar-refractivity contribution is 0.479. The summed E-state index contributed by atoms with van der Waals surface area (Å²) in [6, 6.07) is 0. The van der Waals surface area contributed by atoms with Crippen LogP contribution >= 0.6 is 19.9 Å². The Balaban J connectivity index is -0.0000000400. The predicted molar refractivity (Wildman–Crippen MR) is 78.8 cm³/mol. The molecule has 0 atom stereocenters. The van der Waals surface area contributed by atoms with Gasteiger partial charge in [-0.1, -0.05) is 0 Å². The van der Waals surface area contributed by atoms with Crippen LogP contribution in [0.15, 0.2) is 0 Å². The van der Waals surface area contributed by atoms with Crippen molar-refractivity contribution in [1.29, 1.82) is 0 Å². The van der Waals surface area contributed by atoms with Gasteiger partial charge in [-0.05, 0) is 35.4 Å². The number of nitrogens with two attached hydrogens (primary N) is 3. The molecule has 0 radical (unpaired) electrons. The van der Waals surface area contributed by atoms with E-state index in [4.69, 9.17) is 29.4 Å². The maximum atomic E-state index is 7.78. The summed E-state index contributed by atoms with van der Waals surface area (Å²) in [6.45, 7) is -9.92. The molecular weight excluding hydrogens is 355 g/mol. The van der Waals surface area contributed by atoms with Gasteiger partial charge in [0.15, 0.2) is 0 Å². The molecule has 0 rings (SSSR count). The van der Waals surface area contributed by atoms with Crippen molar-refractivity contribution in [3.63, 3.8) is 0 Å². The Morgan fingerprint density at radius 3 is 0.529 bits per heavy atom. The fraction of sp³-hybridized carbons (Fsp3) is 0. The van der Waals surface area contributed by atoms with Crippen molar-refractivity contribution in [1.82, 2.24) is 12.3 Å². The Morgan fingerprint density at radius 1 is 0.529 bits per heavy atom. The zero-order valence-electron chi connectivity index (χ0n) is 8.40. The third-order valence-electron chi connectivity index (χ3n) is 0. The van der Waals surface area contributed by atoms with E-state index in [1.165, 1.54) is 0 Å². The first kappa shape index (κ1) is 31.1. The first-order valence-corrected chi connectivity index (χ1v) is 10.9. The van der Waals surface area contributed by atoms with Gasteiger partial charge >= 0.3 is 0 Å². The highest BCUT2D eigenvalue weighted by molar-refractivity contribution is 8.08. The van der Waals surface area contributed by atoms with Crippen LogP contribution in [-0.4, -0.2) is 29.4 Å². The van der Waals surface area contributed by atoms with Gasteiger partial charge in [0.2, 0.25) is 0 Å². The van der Waals surface area contributed by atoms with Crippen LogP contribution < -0.4 is 28.8 Å². The van der Waals surface area contributed by atoms with E-state index in [-0.39, 0.29) is 12.3 Å². The number of hydrogen-bond donors (Lipinski definition) is 11. The van der Waals surface area contributed by atoms with E-state index in [9.17, 15) is 0 Å². The molecule has 0 aromatic rings. The highest BCUT2D eigenvalue weighted by atomic mass is 32.5. The number of hydrogen-bond acceptors (Lipinski definition) is 5. The van der Waals surface area contributed by atoms with Gasteiger partial charge < -0.3 is 41.7 Å². The lowest BCUT2D eigenvalue weighted by Crippen LogP contribution is -1.86. The summed E-state index contributed by atoms with van der Waals surface area (Å²) in [4.78, 5) is 46.7. The maximum absolute atomic E-state index is 7.78. The minimum atomic E-state index is -3.31. The van der Waals surface area contributed by atoms with Crippen LogP contribution in [0.5, 0.6) is 0 Å². The van der Waals surface area contributed by atoms with E-state index in [2.05, 4.69) is 51.9 Å². The van der Waals surface area contributed by atoms with Gasteiger partial charge in [0.25, 0.3) is 19.9 Å². The second-order valence-electron chi connectivity index (χ2n) is 1.77. The normalized spacial score (nSPS) is 10.4. The van der Waals surface area contributed by atoms with E-state index in [0.29, 0.717) is 0 Å². The second-order valence-corrected chi connectivity index (χ2v) is 10.1. The van der Waals surface area contributed by atoms with Crippen LogP contribution in [0.25, 0.3) is 0 Å². The van der Waals surface area contributed by atoms with Crippen molar-refractivity contribution in [3.05, 3.63) is 0 Å². The molecule has 17 heavy (non-hydrogen) atoms. The van der Waals surface area contributed by atoms with E-state index in [0.717, 1.165) is 0 Å². The van der Waals surface area contributed by atoms with E-state index in [1.54, 1.807) is 0 Å². The van der Waals surface area contributed by atoms with Crippen LogP contribution in [0, 0.1) is 0 Å². The van der Waals surface area contributed by atoms with Crippen LogP contribution in [0.1, 0.15) is 0 Å². The quantitative estimate of drug-likeness (QED) is 0.201. The van der Waals surface area contributed by atoms with Crippen LogP contribution in [0.4, 0.5) is 0 Å². The maximum Gasteiger partial charge on any atom is 0.253 e. The Morgan fingerprint density at radius 2 is 0.529 bits per heavy atom. The van der Waals surface area contributed by atoms with E-state index < -0.39 is 19.9 Å². The average molecular weight is 373 g/mol. The molecule has 17 heteroatoms. The second kappa shape index (κ2) is 12.5. The Labute approximate surface area is 113 Å². The van der Waals surface area contributed by atoms with Gasteiger partial charge in [-0.15, -0.1) is 0 Å². The number of rotatable bonds is 0. The smallest absolute Gasteiger partial charge is 0.253 e. The van der Waals surface area contributed by atoms with Gasteiger partial charge in [-0.3, -0.25) is 16.5 Å². The zero-order chi connectivity index (χ0) is 13.5. The van der Waals surface area contributed by atoms with Crippen molar-refractivity contribution in [2.75, 3.05) is 0 Å². The Kier molecular flexibility index (Phi) is 22.9. The highest BCUT2D eigenvalue weighted by Crippen LogP contribution is 2.21. The zero-order valence-corrected chi connectivity index (χ0v) is 13.5. The minimum absolute atomic E-state index is 0. The Hall–Kier alpha value is 1.51. The van der Waals surface area contributed by atoms with Crippen molar-refractivity contribution >= 4 is 55.3 Å². The molecule has 0 aromatic carbocycles. The van der Waals surface area contributed by atoms with Gasteiger partial charge in [0.1, 0.15) is 0 Å². The summed E-state index contributed by atoms with van der Waals surface area (Å²) in [5, 5.41) is 0. The predicted octanol–water partition coefficient (Wildman–Crippen LogP) is -2.21. The molecule has 0 spiro atoms. The minimum Gasteiger partial charge on any atom is -0.344 e. The topological polar surface area (TPSA) is 269 Å². The fourth-order valence-electron chi connectivity index (χ4n) is 0. The Bertz CT molecular complexity index is 219.